The van der Waals surface area contributed by atoms with Crippen LogP contribution in [0.15, 0.2) is 0 Å². The zero-order valence-electron chi connectivity index (χ0n) is 27.0. The molecule has 0 saturated carbocycles. The molecule has 0 saturated heterocycles. The van der Waals surface area contributed by atoms with Gasteiger partial charge >= 0.3 is 5.97 Å². The Kier molecular flexibility index (Phi) is 36.6. The van der Waals surface area contributed by atoms with Crippen molar-refractivity contribution < 1.29 is 24.1 Å². The van der Waals surface area contributed by atoms with Gasteiger partial charge in [-0.1, -0.05) is 96.8 Å². The van der Waals surface area contributed by atoms with Crippen LogP contribution < -0.4 is 16.0 Å². The van der Waals surface area contributed by atoms with E-state index in [1.54, 1.807) is 0 Å². The predicted molar refractivity (Wildman–Crippen MR) is 172 cm³/mol. The summed E-state index contributed by atoms with van der Waals surface area (Å²) in [4.78, 5) is 10.5. The number of carboxylic acids is 1. The van der Waals surface area contributed by atoms with E-state index in [0.29, 0.717) is 32.8 Å². The highest BCUT2D eigenvalue weighted by Crippen LogP contribution is 2.13. The summed E-state index contributed by atoms with van der Waals surface area (Å²) in [7, 11) is 0. The highest BCUT2D eigenvalue weighted by Gasteiger charge is 1.98. The van der Waals surface area contributed by atoms with Crippen LogP contribution in [0.5, 0.6) is 0 Å². The topological polar surface area (TPSA) is 101 Å². The zero-order chi connectivity index (χ0) is 29.7. The summed E-state index contributed by atoms with van der Waals surface area (Å²) in [6.07, 6.45) is 23.3. The van der Waals surface area contributed by atoms with Gasteiger partial charge in [-0.3, -0.25) is 4.79 Å². The molecule has 41 heavy (non-hydrogen) atoms. The first-order chi connectivity index (χ1) is 20.3. The standard InChI is InChI=1S/C33H69N3O5/c1-2-34-22-19-16-20-24-36-26-28-40-30-32-41-31-29-39-27-25-35-23-18-15-13-11-9-7-5-3-4-6-8-10-12-14-17-21-33(37)38/h34-36H,2-32H2,1H3,(H,37,38). The second-order valence-electron chi connectivity index (χ2n) is 11.2. The molecule has 0 amide bonds. The van der Waals surface area contributed by atoms with Crippen molar-refractivity contribution in [2.75, 3.05) is 78.9 Å². The van der Waals surface area contributed by atoms with Crippen molar-refractivity contribution in [3.05, 3.63) is 0 Å². The van der Waals surface area contributed by atoms with E-state index < -0.39 is 5.97 Å². The maximum Gasteiger partial charge on any atom is 0.303 e. The first-order valence-corrected chi connectivity index (χ1v) is 17.3. The van der Waals surface area contributed by atoms with E-state index in [-0.39, 0.29) is 0 Å². The number of unbranched alkanes of at least 4 members (excludes halogenated alkanes) is 16. The van der Waals surface area contributed by atoms with Gasteiger partial charge in [0.1, 0.15) is 0 Å². The van der Waals surface area contributed by atoms with Gasteiger partial charge in [0, 0.05) is 19.5 Å². The molecule has 0 heterocycles. The maximum atomic E-state index is 10.5. The van der Waals surface area contributed by atoms with Gasteiger partial charge in [-0.05, 0) is 51.9 Å². The maximum absolute atomic E-state index is 10.5. The third-order valence-electron chi connectivity index (χ3n) is 7.29. The lowest BCUT2D eigenvalue weighted by Gasteiger charge is -2.08. The van der Waals surface area contributed by atoms with E-state index in [4.69, 9.17) is 19.3 Å². The second-order valence-corrected chi connectivity index (χ2v) is 11.2. The van der Waals surface area contributed by atoms with Crippen molar-refractivity contribution >= 4 is 5.97 Å². The summed E-state index contributed by atoms with van der Waals surface area (Å²) >= 11 is 0. The molecule has 0 aromatic heterocycles. The lowest BCUT2D eigenvalue weighted by molar-refractivity contribution is -0.137. The fourth-order valence-electron chi connectivity index (χ4n) is 4.76. The molecule has 8 heteroatoms. The minimum Gasteiger partial charge on any atom is -0.481 e. The molecule has 246 valence electrons. The van der Waals surface area contributed by atoms with Gasteiger partial charge in [0.2, 0.25) is 0 Å². The molecule has 0 spiro atoms. The van der Waals surface area contributed by atoms with Crippen LogP contribution in [0.4, 0.5) is 0 Å². The molecule has 0 aliphatic carbocycles. The summed E-state index contributed by atoms with van der Waals surface area (Å²) < 4.78 is 16.8. The Hall–Kier alpha value is -0.770. The van der Waals surface area contributed by atoms with Crippen molar-refractivity contribution in [3.63, 3.8) is 0 Å². The van der Waals surface area contributed by atoms with Crippen LogP contribution in [0, 0.1) is 0 Å². The third-order valence-corrected chi connectivity index (χ3v) is 7.29. The Morgan fingerprint density at radius 1 is 0.439 bits per heavy atom. The number of hydrogen-bond donors (Lipinski definition) is 4. The van der Waals surface area contributed by atoms with Crippen molar-refractivity contribution in [1.82, 2.24) is 16.0 Å². The summed E-state index contributed by atoms with van der Waals surface area (Å²) in [5.41, 5.74) is 0. The number of hydrogen-bond acceptors (Lipinski definition) is 7. The van der Waals surface area contributed by atoms with Gasteiger partial charge in [-0.2, -0.15) is 0 Å². The molecule has 0 bridgehead atoms. The van der Waals surface area contributed by atoms with Gasteiger partial charge in [0.25, 0.3) is 0 Å². The van der Waals surface area contributed by atoms with E-state index in [0.717, 1.165) is 65.3 Å². The van der Waals surface area contributed by atoms with E-state index in [9.17, 15) is 4.79 Å². The fourth-order valence-corrected chi connectivity index (χ4v) is 4.76. The molecule has 8 nitrogen and oxygen atoms in total. The fraction of sp³-hybridized carbons (Fsp3) is 0.970. The Morgan fingerprint density at radius 3 is 1.15 bits per heavy atom. The molecule has 0 aromatic carbocycles. The van der Waals surface area contributed by atoms with Gasteiger partial charge in [-0.25, -0.2) is 0 Å². The van der Waals surface area contributed by atoms with Crippen LogP contribution >= 0.6 is 0 Å². The lowest BCUT2D eigenvalue weighted by atomic mass is 10.0. The number of nitrogens with one attached hydrogen (secondary N) is 3. The van der Waals surface area contributed by atoms with Crippen molar-refractivity contribution in [2.24, 2.45) is 0 Å². The highest BCUT2D eigenvalue weighted by molar-refractivity contribution is 5.66. The predicted octanol–water partition coefficient (Wildman–Crippen LogP) is 6.32. The molecule has 0 aromatic rings. The van der Waals surface area contributed by atoms with E-state index in [1.807, 2.05) is 0 Å². The molecule has 0 atom stereocenters. The first kappa shape index (κ1) is 40.2. The summed E-state index contributed by atoms with van der Waals surface area (Å²) in [5.74, 6) is -0.661. The highest BCUT2D eigenvalue weighted by atomic mass is 16.5. The molecule has 4 N–H and O–H groups in total. The second kappa shape index (κ2) is 37.3. The van der Waals surface area contributed by atoms with Crippen LogP contribution in [0.1, 0.15) is 129 Å². The normalized spacial score (nSPS) is 11.4. The Morgan fingerprint density at radius 2 is 0.756 bits per heavy atom. The van der Waals surface area contributed by atoms with Crippen LogP contribution in [-0.2, 0) is 19.0 Å². The molecule has 0 aliphatic heterocycles. The average molecular weight is 588 g/mol. The van der Waals surface area contributed by atoms with Gasteiger partial charge in [-0.15, -0.1) is 0 Å². The number of carbonyl (C=O) groups is 1. The van der Waals surface area contributed by atoms with Crippen LogP contribution in [0.3, 0.4) is 0 Å². The number of carboxylic acid groups (broad SMARTS) is 1. The van der Waals surface area contributed by atoms with Crippen LogP contribution in [0.2, 0.25) is 0 Å². The quantitative estimate of drug-likeness (QED) is 0.0627. The number of aliphatic carboxylic acids is 1. The first-order valence-electron chi connectivity index (χ1n) is 17.3. The molecular formula is C33H69N3O5. The monoisotopic (exact) mass is 588 g/mol. The SMILES string of the molecule is CCNCCCCCNCCOCCOCCOCCNCCCCCCCCCCCCCCCCCC(=O)O. The van der Waals surface area contributed by atoms with Gasteiger partial charge < -0.3 is 35.3 Å². The Labute approximate surface area is 253 Å². The van der Waals surface area contributed by atoms with Crippen molar-refractivity contribution in [1.29, 1.82) is 0 Å². The smallest absolute Gasteiger partial charge is 0.303 e. The minimum atomic E-state index is -0.661. The average Bonchev–Trinajstić information content (AvgIpc) is 2.97. The minimum absolute atomic E-state index is 0.331. The molecule has 0 fully saturated rings. The molecule has 0 rings (SSSR count). The zero-order valence-corrected chi connectivity index (χ0v) is 27.0. The van der Waals surface area contributed by atoms with E-state index in [2.05, 4.69) is 22.9 Å². The number of ether oxygens (including phenoxy) is 3. The number of rotatable bonds is 37. The third kappa shape index (κ3) is 39.2. The van der Waals surface area contributed by atoms with Gasteiger partial charge in [0.05, 0.1) is 39.6 Å². The van der Waals surface area contributed by atoms with Crippen LogP contribution in [0.25, 0.3) is 0 Å². The molecule has 0 radical (unpaired) electrons. The lowest BCUT2D eigenvalue weighted by Crippen LogP contribution is -2.22. The van der Waals surface area contributed by atoms with Crippen molar-refractivity contribution in [3.8, 4) is 0 Å². The molecule has 0 unspecified atom stereocenters. The van der Waals surface area contributed by atoms with Crippen molar-refractivity contribution in [2.45, 2.75) is 129 Å². The summed E-state index contributed by atoms with van der Waals surface area (Å²) in [6, 6.07) is 0. The molecular weight excluding hydrogens is 518 g/mol. The summed E-state index contributed by atoms with van der Waals surface area (Å²) in [5, 5.41) is 18.9. The van der Waals surface area contributed by atoms with E-state index in [1.165, 1.54) is 103 Å². The largest absolute Gasteiger partial charge is 0.481 e. The van der Waals surface area contributed by atoms with Crippen LogP contribution in [-0.4, -0.2) is 90.0 Å². The van der Waals surface area contributed by atoms with E-state index >= 15 is 0 Å². The molecule has 0 aliphatic rings. The Balaban J connectivity index is 3.03. The Bertz CT molecular complexity index is 499. The van der Waals surface area contributed by atoms with Gasteiger partial charge in [0.15, 0.2) is 0 Å². The summed E-state index contributed by atoms with van der Waals surface area (Å²) in [6.45, 7) is 12.4.